The van der Waals surface area contributed by atoms with E-state index in [1.54, 1.807) is 0 Å². The fourth-order valence-corrected chi connectivity index (χ4v) is 4.80. The average molecular weight is 603 g/mol. The average Bonchev–Trinajstić information content (AvgIpc) is 2.98. The van der Waals surface area contributed by atoms with E-state index >= 15 is 0 Å². The largest absolute Gasteiger partial charge is 0.462 e. The fraction of sp³-hybridized carbons (Fsp3) is 0.875. The van der Waals surface area contributed by atoms with Gasteiger partial charge in [-0.25, -0.2) is 0 Å². The molecular formula is C32H58O10. The second kappa shape index (κ2) is 24.8. The van der Waals surface area contributed by atoms with Gasteiger partial charge in [-0.15, -0.1) is 0 Å². The van der Waals surface area contributed by atoms with Gasteiger partial charge in [0.2, 0.25) is 0 Å². The predicted molar refractivity (Wildman–Crippen MR) is 160 cm³/mol. The summed E-state index contributed by atoms with van der Waals surface area (Å²) in [5.74, 6) is -0.886. The van der Waals surface area contributed by atoms with Crippen molar-refractivity contribution < 1.29 is 49.0 Å². The number of hydrogen-bond acceptors (Lipinski definition) is 10. The number of unbranched alkanes of at least 4 members (excludes halogenated alkanes) is 12. The summed E-state index contributed by atoms with van der Waals surface area (Å²) >= 11 is 0. The molecule has 0 aromatic rings. The summed E-state index contributed by atoms with van der Waals surface area (Å²) in [6, 6.07) is 0. The van der Waals surface area contributed by atoms with Crippen LogP contribution in [-0.2, 0) is 28.5 Å². The van der Waals surface area contributed by atoms with Crippen LogP contribution in [0.2, 0.25) is 0 Å². The van der Waals surface area contributed by atoms with Crippen molar-refractivity contribution >= 4 is 11.9 Å². The molecule has 1 aliphatic heterocycles. The van der Waals surface area contributed by atoms with Crippen molar-refractivity contribution in [3.8, 4) is 0 Å². The minimum Gasteiger partial charge on any atom is -0.462 e. The Kier molecular flexibility index (Phi) is 22.7. The highest BCUT2D eigenvalue weighted by molar-refractivity contribution is 5.70. The summed E-state index contributed by atoms with van der Waals surface area (Å²) in [5, 5.41) is 39.6. The molecule has 1 rings (SSSR count). The van der Waals surface area contributed by atoms with Crippen LogP contribution in [0.15, 0.2) is 12.2 Å². The van der Waals surface area contributed by atoms with Gasteiger partial charge in [0.05, 0.1) is 13.2 Å². The Morgan fingerprint density at radius 2 is 1.33 bits per heavy atom. The van der Waals surface area contributed by atoms with Gasteiger partial charge in [0, 0.05) is 12.8 Å². The second-order valence-corrected chi connectivity index (χ2v) is 11.2. The van der Waals surface area contributed by atoms with Gasteiger partial charge < -0.3 is 39.4 Å². The van der Waals surface area contributed by atoms with Crippen LogP contribution in [0, 0.1) is 0 Å². The highest BCUT2D eigenvalue weighted by atomic mass is 16.7. The Morgan fingerprint density at radius 3 is 1.90 bits per heavy atom. The van der Waals surface area contributed by atoms with Crippen molar-refractivity contribution in [2.45, 2.75) is 160 Å². The Bertz CT molecular complexity index is 713. The first-order valence-corrected chi connectivity index (χ1v) is 16.3. The molecule has 1 aliphatic rings. The van der Waals surface area contributed by atoms with E-state index in [9.17, 15) is 30.0 Å². The number of aliphatic hydroxyl groups is 4. The van der Waals surface area contributed by atoms with Crippen LogP contribution in [0.5, 0.6) is 0 Å². The van der Waals surface area contributed by atoms with E-state index in [1.165, 1.54) is 57.8 Å². The summed E-state index contributed by atoms with van der Waals surface area (Å²) < 4.78 is 21.7. The molecule has 10 nitrogen and oxygen atoms in total. The van der Waals surface area contributed by atoms with Crippen molar-refractivity contribution in [1.29, 1.82) is 0 Å². The van der Waals surface area contributed by atoms with Gasteiger partial charge in [0.1, 0.15) is 31.0 Å². The molecule has 1 saturated heterocycles. The summed E-state index contributed by atoms with van der Waals surface area (Å²) in [4.78, 5) is 24.7. The fourth-order valence-electron chi connectivity index (χ4n) is 4.80. The predicted octanol–water partition coefficient (Wildman–Crippen LogP) is 4.49. The quantitative estimate of drug-likeness (QED) is 0.0668. The lowest BCUT2D eigenvalue weighted by atomic mass is 9.99. The van der Waals surface area contributed by atoms with Gasteiger partial charge in [0.15, 0.2) is 12.4 Å². The molecule has 0 aliphatic carbocycles. The summed E-state index contributed by atoms with van der Waals surface area (Å²) in [7, 11) is 0. The number of hydrogen-bond donors (Lipinski definition) is 4. The van der Waals surface area contributed by atoms with Crippen LogP contribution >= 0.6 is 0 Å². The first-order valence-electron chi connectivity index (χ1n) is 16.3. The van der Waals surface area contributed by atoms with Gasteiger partial charge >= 0.3 is 11.9 Å². The molecule has 0 spiro atoms. The lowest BCUT2D eigenvalue weighted by molar-refractivity contribution is -0.305. The zero-order valence-corrected chi connectivity index (χ0v) is 26.0. The highest BCUT2D eigenvalue weighted by Gasteiger charge is 2.44. The van der Waals surface area contributed by atoms with E-state index in [4.69, 9.17) is 18.9 Å². The summed E-state index contributed by atoms with van der Waals surface area (Å²) in [5.41, 5.74) is 0. The Balaban J connectivity index is 2.41. The third kappa shape index (κ3) is 17.5. The normalized spacial score (nSPS) is 23.2. The second-order valence-electron chi connectivity index (χ2n) is 11.2. The Hall–Kier alpha value is -1.56. The van der Waals surface area contributed by atoms with E-state index in [-0.39, 0.29) is 26.1 Å². The number of carbonyl (C=O) groups excluding carboxylic acids is 2. The Labute approximate surface area is 252 Å². The van der Waals surface area contributed by atoms with E-state index in [1.807, 2.05) is 19.1 Å². The van der Waals surface area contributed by atoms with Gasteiger partial charge in [-0.05, 0) is 19.3 Å². The molecule has 246 valence electrons. The van der Waals surface area contributed by atoms with Crippen molar-refractivity contribution in [3.05, 3.63) is 12.2 Å². The minimum absolute atomic E-state index is 0.184. The van der Waals surface area contributed by atoms with Gasteiger partial charge in [0.25, 0.3) is 0 Å². The van der Waals surface area contributed by atoms with Crippen LogP contribution in [0.4, 0.5) is 0 Å². The number of rotatable bonds is 25. The van der Waals surface area contributed by atoms with E-state index in [2.05, 4.69) is 6.92 Å². The molecule has 42 heavy (non-hydrogen) atoms. The van der Waals surface area contributed by atoms with Crippen molar-refractivity contribution in [3.63, 3.8) is 0 Å². The van der Waals surface area contributed by atoms with Crippen molar-refractivity contribution in [1.82, 2.24) is 0 Å². The Morgan fingerprint density at radius 1 is 0.738 bits per heavy atom. The van der Waals surface area contributed by atoms with E-state index < -0.39 is 55.4 Å². The maximum absolute atomic E-state index is 12.5. The van der Waals surface area contributed by atoms with Gasteiger partial charge in [-0.3, -0.25) is 9.59 Å². The van der Waals surface area contributed by atoms with Crippen LogP contribution in [-0.4, -0.2) is 89.0 Å². The molecule has 0 radical (unpaired) electrons. The number of allylic oxidation sites excluding steroid dienone is 2. The smallest absolute Gasteiger partial charge is 0.306 e. The molecule has 0 bridgehead atoms. The molecule has 4 N–H and O–H groups in total. The minimum atomic E-state index is -1.59. The standard InChI is InChI=1S/C32H58O10/c1-3-5-7-9-10-11-12-13-14-15-16-17-19-21-28(35)41-25(23-39-27(34)20-18-8-6-4-2)24-40-32-31(38)30(37)29(36)26(22-33)42-32/h6,8,25-26,29-33,36-38H,3-5,7,9-24H2,1-2H3/b8-6-/t25-,26?,29?,30?,31?,32?/m1/s1. The first kappa shape index (κ1) is 38.5. The van der Waals surface area contributed by atoms with Crippen LogP contribution < -0.4 is 0 Å². The monoisotopic (exact) mass is 602 g/mol. The topological polar surface area (TPSA) is 152 Å². The molecule has 5 unspecified atom stereocenters. The number of ether oxygens (including phenoxy) is 4. The molecule has 0 amide bonds. The lowest BCUT2D eigenvalue weighted by Crippen LogP contribution is -2.59. The highest BCUT2D eigenvalue weighted by Crippen LogP contribution is 2.22. The van der Waals surface area contributed by atoms with Gasteiger partial charge in [-0.2, -0.15) is 0 Å². The molecule has 0 aromatic heterocycles. The number of aliphatic hydroxyl groups excluding tert-OH is 4. The zero-order valence-electron chi connectivity index (χ0n) is 26.0. The molecule has 0 saturated carbocycles. The lowest BCUT2D eigenvalue weighted by Gasteiger charge is -2.39. The molecule has 0 aromatic carbocycles. The molecule has 6 atom stereocenters. The number of carbonyl (C=O) groups is 2. The van der Waals surface area contributed by atoms with Gasteiger partial charge in [-0.1, -0.05) is 103 Å². The van der Waals surface area contributed by atoms with Crippen molar-refractivity contribution in [2.24, 2.45) is 0 Å². The SMILES string of the molecule is CC/C=C\CCC(=O)OC[C@H](COC1OC(CO)C(O)C(O)C1O)OC(=O)CCCCCCCCCCCCCCC. The maximum atomic E-state index is 12.5. The summed E-state index contributed by atoms with van der Waals surface area (Å²) in [6.07, 6.45) is 13.2. The third-order valence-electron chi connectivity index (χ3n) is 7.43. The zero-order chi connectivity index (χ0) is 31.0. The molecule has 1 fully saturated rings. The molecular weight excluding hydrogens is 544 g/mol. The molecule has 1 heterocycles. The van der Waals surface area contributed by atoms with E-state index in [0.29, 0.717) is 12.8 Å². The van der Waals surface area contributed by atoms with Crippen LogP contribution in [0.1, 0.15) is 123 Å². The maximum Gasteiger partial charge on any atom is 0.306 e. The summed E-state index contributed by atoms with van der Waals surface area (Å²) in [6.45, 7) is 3.13. The first-order chi connectivity index (χ1) is 20.3. The van der Waals surface area contributed by atoms with Crippen LogP contribution in [0.3, 0.4) is 0 Å². The third-order valence-corrected chi connectivity index (χ3v) is 7.43. The van der Waals surface area contributed by atoms with Crippen LogP contribution in [0.25, 0.3) is 0 Å². The van der Waals surface area contributed by atoms with Crippen molar-refractivity contribution in [2.75, 3.05) is 19.8 Å². The number of esters is 2. The van der Waals surface area contributed by atoms with E-state index in [0.717, 1.165) is 25.7 Å². The molecule has 10 heteroatoms.